The lowest BCUT2D eigenvalue weighted by Gasteiger charge is -2.01. The summed E-state index contributed by atoms with van der Waals surface area (Å²) < 4.78 is 30.2. The zero-order chi connectivity index (χ0) is 20.0. The normalized spacial score (nSPS) is 9.69. The zero-order valence-corrected chi connectivity index (χ0v) is 13.8. The van der Waals surface area contributed by atoms with Gasteiger partial charge in [-0.2, -0.15) is 4.39 Å². The molecule has 0 saturated heterocycles. The van der Waals surface area contributed by atoms with Gasteiger partial charge >= 0.3 is 17.6 Å². The van der Waals surface area contributed by atoms with E-state index in [0.29, 0.717) is 17.8 Å². The van der Waals surface area contributed by atoms with Crippen molar-refractivity contribution in [2.45, 2.75) is 0 Å². The van der Waals surface area contributed by atoms with E-state index in [2.05, 4.69) is 4.74 Å². The number of carbonyl (C=O) groups is 2. The molecule has 3 N–H and O–H groups in total. The van der Waals surface area contributed by atoms with Gasteiger partial charge in [-0.25, -0.2) is 14.0 Å². The number of rotatable bonds is 3. The van der Waals surface area contributed by atoms with Crippen LogP contribution in [0.4, 0.5) is 20.2 Å². The van der Waals surface area contributed by atoms with Crippen molar-refractivity contribution in [2.24, 2.45) is 0 Å². The smallest absolute Gasteiger partial charge is 0.340 e. The van der Waals surface area contributed by atoms with Crippen LogP contribution in [0.1, 0.15) is 20.7 Å². The molecule has 138 valence electrons. The maximum absolute atomic E-state index is 13.1. The maximum atomic E-state index is 13.1. The van der Waals surface area contributed by atoms with Crippen molar-refractivity contribution in [3.63, 3.8) is 0 Å². The second-order valence-corrected chi connectivity index (χ2v) is 4.98. The number of benzene rings is 2. The Morgan fingerprint density at radius 2 is 1.81 bits per heavy atom. The Balaban J connectivity index is 0.000000273. The van der Waals surface area contributed by atoms with Crippen LogP contribution in [-0.2, 0) is 4.74 Å². The summed E-state index contributed by atoms with van der Waals surface area (Å²) in [5.41, 5.74) is 4.17. The maximum Gasteiger partial charge on any atom is 0.340 e. The molecule has 0 amide bonds. The minimum Gasteiger partial charge on any atom is -0.478 e. The van der Waals surface area contributed by atoms with E-state index >= 15 is 0 Å². The van der Waals surface area contributed by atoms with Gasteiger partial charge in [0.05, 0.1) is 34.2 Å². The van der Waals surface area contributed by atoms with Gasteiger partial charge in [-0.1, -0.05) is 11.6 Å². The van der Waals surface area contributed by atoms with Crippen molar-refractivity contribution in [2.75, 3.05) is 12.8 Å². The largest absolute Gasteiger partial charge is 0.478 e. The summed E-state index contributed by atoms with van der Waals surface area (Å²) >= 11 is 5.56. The monoisotopic (exact) mass is 388 g/mol. The molecular weight excluding hydrogens is 378 g/mol. The first-order valence-electron chi connectivity index (χ1n) is 6.58. The Morgan fingerprint density at radius 1 is 1.19 bits per heavy atom. The predicted molar refractivity (Wildman–Crippen MR) is 87.2 cm³/mol. The van der Waals surface area contributed by atoms with E-state index in [9.17, 15) is 28.5 Å². The molecule has 0 aliphatic carbocycles. The fourth-order valence-electron chi connectivity index (χ4n) is 1.65. The first kappa shape index (κ1) is 20.8. The number of anilines is 1. The lowest BCUT2D eigenvalue weighted by molar-refractivity contribution is -0.387. The van der Waals surface area contributed by atoms with Gasteiger partial charge in [0.1, 0.15) is 5.82 Å². The highest BCUT2D eigenvalue weighted by Crippen LogP contribution is 2.21. The van der Waals surface area contributed by atoms with Crippen LogP contribution >= 0.6 is 11.6 Å². The second-order valence-electron chi connectivity index (χ2n) is 4.58. The van der Waals surface area contributed by atoms with Gasteiger partial charge in [-0.3, -0.25) is 10.1 Å². The van der Waals surface area contributed by atoms with E-state index in [1.54, 1.807) is 0 Å². The predicted octanol–water partition coefficient (Wildman–Crippen LogP) is 3.28. The third kappa shape index (κ3) is 5.11. The molecule has 0 heterocycles. The topological polar surface area (TPSA) is 133 Å². The molecule has 2 aromatic carbocycles. The molecular formula is C15H11ClF2N2O6. The van der Waals surface area contributed by atoms with Crippen LogP contribution in [0.5, 0.6) is 0 Å². The minimum absolute atomic E-state index is 0.0702. The summed E-state index contributed by atoms with van der Waals surface area (Å²) in [6.45, 7) is 0. The van der Waals surface area contributed by atoms with Gasteiger partial charge in [0, 0.05) is 5.69 Å². The van der Waals surface area contributed by atoms with Gasteiger partial charge in [0.15, 0.2) is 0 Å². The Kier molecular flexibility index (Phi) is 6.96. The SMILES string of the molecule is COC(=O)c1cc(F)c([N+](=O)[O-])cc1F.Nc1ccc(C(=O)O)c(Cl)c1. The number of halogens is 3. The van der Waals surface area contributed by atoms with Gasteiger partial charge in [0.25, 0.3) is 0 Å². The Morgan fingerprint density at radius 3 is 2.27 bits per heavy atom. The molecule has 2 aromatic rings. The number of ether oxygens (including phenoxy) is 1. The number of aromatic carboxylic acids is 1. The van der Waals surface area contributed by atoms with Crippen molar-refractivity contribution in [1.29, 1.82) is 0 Å². The van der Waals surface area contributed by atoms with Crippen LogP contribution < -0.4 is 5.73 Å². The summed E-state index contributed by atoms with van der Waals surface area (Å²) in [7, 11) is 0.987. The Bertz CT molecular complexity index is 875. The van der Waals surface area contributed by atoms with Crippen molar-refractivity contribution in [1.82, 2.24) is 0 Å². The first-order valence-corrected chi connectivity index (χ1v) is 6.96. The quantitative estimate of drug-likeness (QED) is 0.356. The highest BCUT2D eigenvalue weighted by Gasteiger charge is 2.22. The fraction of sp³-hybridized carbons (Fsp3) is 0.0667. The summed E-state index contributed by atoms with van der Waals surface area (Å²) in [5.74, 6) is -4.63. The first-order chi connectivity index (χ1) is 12.1. The zero-order valence-electron chi connectivity index (χ0n) is 13.0. The van der Waals surface area contributed by atoms with Crippen LogP contribution in [0.15, 0.2) is 30.3 Å². The number of methoxy groups -OCH3 is 1. The number of hydrogen-bond donors (Lipinski definition) is 2. The minimum atomic E-state index is -1.29. The van der Waals surface area contributed by atoms with E-state index in [4.69, 9.17) is 22.4 Å². The number of carbonyl (C=O) groups excluding carboxylic acids is 1. The van der Waals surface area contributed by atoms with Crippen LogP contribution in [0.2, 0.25) is 5.02 Å². The van der Waals surface area contributed by atoms with Crippen LogP contribution in [0.3, 0.4) is 0 Å². The number of esters is 1. The van der Waals surface area contributed by atoms with Crippen LogP contribution in [-0.4, -0.2) is 29.1 Å². The number of carboxylic acid groups (broad SMARTS) is 1. The average molecular weight is 389 g/mol. The van der Waals surface area contributed by atoms with Crippen molar-refractivity contribution >= 4 is 34.9 Å². The molecule has 0 radical (unpaired) electrons. The molecule has 0 unspecified atom stereocenters. The van der Waals surface area contributed by atoms with Crippen molar-refractivity contribution in [3.8, 4) is 0 Å². The number of hydrogen-bond acceptors (Lipinski definition) is 6. The van der Waals surface area contributed by atoms with Gasteiger partial charge in [0.2, 0.25) is 5.82 Å². The highest BCUT2D eigenvalue weighted by atomic mass is 35.5. The molecule has 0 fully saturated rings. The summed E-state index contributed by atoms with van der Waals surface area (Å²) in [6.07, 6.45) is 0. The number of nitrogens with zero attached hydrogens (tertiary/aromatic N) is 1. The van der Waals surface area contributed by atoms with Crippen LogP contribution in [0, 0.1) is 21.7 Å². The van der Waals surface area contributed by atoms with E-state index in [0.717, 1.165) is 7.11 Å². The summed E-state index contributed by atoms with van der Waals surface area (Å²) in [4.78, 5) is 30.4. The molecule has 0 aromatic heterocycles. The van der Waals surface area contributed by atoms with Gasteiger partial charge in [-0.05, 0) is 24.3 Å². The van der Waals surface area contributed by atoms with Crippen molar-refractivity contribution in [3.05, 3.63) is 68.2 Å². The molecule has 0 spiro atoms. The van der Waals surface area contributed by atoms with Crippen LogP contribution in [0.25, 0.3) is 0 Å². The fourth-order valence-corrected chi connectivity index (χ4v) is 1.92. The Hall–Kier alpha value is -3.27. The Labute approximate surface area is 149 Å². The molecule has 2 rings (SSSR count). The standard InChI is InChI=1S/C8H5F2NO4.C7H6ClNO2/c1-15-8(12)4-2-6(10)7(11(13)14)3-5(4)9;8-6-3-4(9)1-2-5(6)7(10)11/h2-3H,1H3;1-3H,9H2,(H,10,11). The van der Waals surface area contributed by atoms with Gasteiger partial charge < -0.3 is 15.6 Å². The van der Waals surface area contributed by atoms with E-state index in [-0.39, 0.29) is 10.6 Å². The molecule has 0 aliphatic rings. The molecule has 11 heteroatoms. The molecule has 0 saturated carbocycles. The number of nitro groups is 1. The van der Waals surface area contributed by atoms with E-state index in [1.165, 1.54) is 18.2 Å². The molecule has 0 bridgehead atoms. The number of nitrogen functional groups attached to an aromatic ring is 1. The molecule has 26 heavy (non-hydrogen) atoms. The lowest BCUT2D eigenvalue weighted by atomic mass is 10.2. The summed E-state index contributed by atoms with van der Waals surface area (Å²) in [5, 5.41) is 18.9. The van der Waals surface area contributed by atoms with E-state index in [1.807, 2.05) is 0 Å². The average Bonchev–Trinajstić information content (AvgIpc) is 2.55. The van der Waals surface area contributed by atoms with Crippen molar-refractivity contribution < 1.29 is 33.1 Å². The molecule has 8 nitrogen and oxygen atoms in total. The number of nitrogens with two attached hydrogens (primary N) is 1. The molecule has 0 atom stereocenters. The lowest BCUT2D eigenvalue weighted by Crippen LogP contribution is -2.06. The number of nitro benzene ring substituents is 1. The number of carboxylic acids is 1. The third-order valence-electron chi connectivity index (χ3n) is 2.86. The third-order valence-corrected chi connectivity index (χ3v) is 3.17. The van der Waals surface area contributed by atoms with E-state index < -0.39 is 39.7 Å². The second kappa shape index (κ2) is 8.72. The van der Waals surface area contributed by atoms with Gasteiger partial charge in [-0.15, -0.1) is 0 Å². The highest BCUT2D eigenvalue weighted by molar-refractivity contribution is 6.33. The summed E-state index contributed by atoms with van der Waals surface area (Å²) in [6, 6.07) is 5.04. The molecule has 0 aliphatic heterocycles.